The van der Waals surface area contributed by atoms with Crippen molar-refractivity contribution in [1.29, 1.82) is 0 Å². The van der Waals surface area contributed by atoms with Gasteiger partial charge < -0.3 is 10.6 Å². The lowest BCUT2D eigenvalue weighted by atomic mass is 10.2. The van der Waals surface area contributed by atoms with Crippen molar-refractivity contribution in [2.45, 2.75) is 44.3 Å². The third kappa shape index (κ3) is 5.90. The molecule has 0 aliphatic rings. The lowest BCUT2D eigenvalue weighted by Gasteiger charge is -2.12. The van der Waals surface area contributed by atoms with Gasteiger partial charge in [-0.05, 0) is 56.2 Å². The maximum absolute atomic E-state index is 12.1. The number of anilines is 1. The van der Waals surface area contributed by atoms with Crippen LogP contribution < -0.4 is 10.6 Å². The van der Waals surface area contributed by atoms with E-state index in [-0.39, 0.29) is 18.4 Å². The minimum atomic E-state index is -0.230. The highest BCUT2D eigenvalue weighted by atomic mass is 32.2. The van der Waals surface area contributed by atoms with E-state index in [2.05, 4.69) is 30.5 Å². The summed E-state index contributed by atoms with van der Waals surface area (Å²) in [6.07, 6.45) is 1.12. The first-order chi connectivity index (χ1) is 11.9. The van der Waals surface area contributed by atoms with Crippen molar-refractivity contribution in [3.8, 4) is 0 Å². The predicted octanol–water partition coefficient (Wildman–Crippen LogP) is 4.62. The highest BCUT2D eigenvalue weighted by Crippen LogP contribution is 2.28. The van der Waals surface area contributed by atoms with Crippen molar-refractivity contribution in [2.75, 3.05) is 11.9 Å². The molecule has 0 aliphatic carbocycles. The Morgan fingerprint density at radius 1 is 1.20 bits per heavy atom. The van der Waals surface area contributed by atoms with Crippen molar-refractivity contribution in [3.63, 3.8) is 0 Å². The molecule has 1 unspecified atom stereocenters. The third-order valence-corrected chi connectivity index (χ3v) is 6.02. The number of amides is 2. The van der Waals surface area contributed by atoms with Gasteiger partial charge in [0.15, 0.2) is 0 Å². The Bertz CT molecular complexity index is 756. The summed E-state index contributed by atoms with van der Waals surface area (Å²) in [5.74, 6) is -0.447. The smallest absolute Gasteiger partial charge is 0.261 e. The molecule has 0 saturated carbocycles. The van der Waals surface area contributed by atoms with E-state index in [9.17, 15) is 9.59 Å². The van der Waals surface area contributed by atoms with Crippen LogP contribution in [0.1, 0.15) is 40.4 Å². The molecule has 1 aromatic carbocycles. The summed E-state index contributed by atoms with van der Waals surface area (Å²) in [5, 5.41) is 6.08. The zero-order valence-electron chi connectivity index (χ0n) is 15.0. The Morgan fingerprint density at radius 3 is 2.56 bits per heavy atom. The van der Waals surface area contributed by atoms with Gasteiger partial charge in [0.1, 0.15) is 0 Å². The highest BCUT2D eigenvalue weighted by Gasteiger charge is 2.11. The largest absolute Gasteiger partial charge is 0.342 e. The zero-order valence-corrected chi connectivity index (χ0v) is 16.6. The van der Waals surface area contributed by atoms with Crippen LogP contribution in [-0.4, -0.2) is 23.6 Å². The normalized spacial score (nSPS) is 11.8. The molecule has 0 radical (unpaired) electrons. The summed E-state index contributed by atoms with van der Waals surface area (Å²) in [4.78, 5) is 26.9. The molecule has 134 valence electrons. The van der Waals surface area contributed by atoms with Crippen molar-refractivity contribution < 1.29 is 9.59 Å². The van der Waals surface area contributed by atoms with Gasteiger partial charge in [-0.2, -0.15) is 0 Å². The molecule has 1 heterocycles. The van der Waals surface area contributed by atoms with Crippen LogP contribution >= 0.6 is 23.1 Å². The molecule has 2 rings (SSSR count). The average Bonchev–Trinajstić information content (AvgIpc) is 3.01. The highest BCUT2D eigenvalue weighted by molar-refractivity contribution is 7.99. The molecule has 0 saturated heterocycles. The second-order valence-corrected chi connectivity index (χ2v) is 8.75. The first kappa shape index (κ1) is 19.5. The van der Waals surface area contributed by atoms with E-state index in [1.165, 1.54) is 16.2 Å². The molecule has 2 N–H and O–H groups in total. The van der Waals surface area contributed by atoms with Crippen LogP contribution in [0.2, 0.25) is 0 Å². The Morgan fingerprint density at radius 2 is 1.96 bits per heavy atom. The van der Waals surface area contributed by atoms with Gasteiger partial charge in [-0.3, -0.25) is 9.59 Å². The molecule has 1 atom stereocenters. The fraction of sp³-hybridized carbons (Fsp3) is 0.368. The Kier molecular flexibility index (Phi) is 7.08. The molecule has 0 spiro atoms. The second kappa shape index (κ2) is 9.06. The first-order valence-electron chi connectivity index (χ1n) is 8.30. The van der Waals surface area contributed by atoms with Gasteiger partial charge >= 0.3 is 0 Å². The van der Waals surface area contributed by atoms with Crippen molar-refractivity contribution >= 4 is 40.6 Å². The fourth-order valence-electron chi connectivity index (χ4n) is 2.16. The van der Waals surface area contributed by atoms with Crippen LogP contribution in [0.5, 0.6) is 0 Å². The number of carbonyl (C=O) groups is 2. The van der Waals surface area contributed by atoms with Gasteiger partial charge in [0.25, 0.3) is 5.91 Å². The summed E-state index contributed by atoms with van der Waals surface area (Å²) in [5.41, 5.74) is 1.79. The van der Waals surface area contributed by atoms with Crippen LogP contribution in [0.3, 0.4) is 0 Å². The lowest BCUT2D eigenvalue weighted by Crippen LogP contribution is -2.32. The van der Waals surface area contributed by atoms with E-state index in [4.69, 9.17) is 0 Å². The number of benzene rings is 1. The van der Waals surface area contributed by atoms with Gasteiger partial charge in [-0.15, -0.1) is 23.1 Å². The molecule has 0 bridgehead atoms. The van der Waals surface area contributed by atoms with Crippen molar-refractivity contribution in [1.82, 2.24) is 5.32 Å². The molecule has 0 aliphatic heterocycles. The zero-order chi connectivity index (χ0) is 18.4. The van der Waals surface area contributed by atoms with E-state index in [0.717, 1.165) is 22.5 Å². The molecule has 25 heavy (non-hydrogen) atoms. The topological polar surface area (TPSA) is 58.2 Å². The predicted molar refractivity (Wildman–Crippen MR) is 107 cm³/mol. The van der Waals surface area contributed by atoms with Gasteiger partial charge in [0.2, 0.25) is 5.91 Å². The van der Waals surface area contributed by atoms with E-state index in [1.807, 2.05) is 43.8 Å². The van der Waals surface area contributed by atoms with E-state index < -0.39 is 0 Å². The molecular weight excluding hydrogens is 352 g/mol. The van der Waals surface area contributed by atoms with Crippen molar-refractivity contribution in [2.24, 2.45) is 0 Å². The monoisotopic (exact) mass is 376 g/mol. The summed E-state index contributed by atoms with van der Waals surface area (Å²) < 4.78 is 0. The van der Waals surface area contributed by atoms with Crippen molar-refractivity contribution in [3.05, 3.63) is 45.6 Å². The number of hydrogen-bond donors (Lipinski definition) is 2. The van der Waals surface area contributed by atoms with E-state index in [1.54, 1.807) is 6.07 Å². The van der Waals surface area contributed by atoms with Crippen LogP contribution in [-0.2, 0) is 4.79 Å². The molecule has 2 aromatic rings. The Balaban J connectivity index is 1.88. The minimum Gasteiger partial charge on any atom is -0.342 e. The van der Waals surface area contributed by atoms with E-state index in [0.29, 0.717) is 10.1 Å². The van der Waals surface area contributed by atoms with Gasteiger partial charge in [0.05, 0.1) is 11.4 Å². The van der Waals surface area contributed by atoms with Gasteiger partial charge in [-0.1, -0.05) is 13.8 Å². The number of hydrogen-bond acceptors (Lipinski definition) is 4. The number of carbonyl (C=O) groups excluding carboxylic acids is 2. The molecular formula is C19H24N2O2S2. The van der Waals surface area contributed by atoms with E-state index >= 15 is 0 Å². The van der Waals surface area contributed by atoms with Crippen LogP contribution in [0, 0.1) is 13.8 Å². The summed E-state index contributed by atoms with van der Waals surface area (Å²) >= 11 is 3.25. The quantitative estimate of drug-likeness (QED) is 0.693. The maximum atomic E-state index is 12.1. The number of thiophene rings is 1. The molecule has 4 nitrogen and oxygen atoms in total. The van der Waals surface area contributed by atoms with Crippen LogP contribution in [0.15, 0.2) is 35.2 Å². The lowest BCUT2D eigenvalue weighted by molar-refractivity contribution is -0.115. The van der Waals surface area contributed by atoms with Gasteiger partial charge in [-0.25, -0.2) is 0 Å². The standard InChI is InChI=1S/C19H24N2O2S2/c1-5-13(3)24-15-7-8-16(12(2)10-15)21-18(22)11-20-19(23)17-9-6-14(4)25-17/h6-10,13H,5,11H2,1-4H3,(H,20,23)(H,21,22). The molecule has 1 aromatic heterocycles. The summed E-state index contributed by atoms with van der Waals surface area (Å²) in [6, 6.07) is 9.68. The van der Waals surface area contributed by atoms with Crippen LogP contribution in [0.25, 0.3) is 0 Å². The number of nitrogens with one attached hydrogen (secondary N) is 2. The molecule has 2 amide bonds. The minimum absolute atomic E-state index is 0.0431. The average molecular weight is 377 g/mol. The first-order valence-corrected chi connectivity index (χ1v) is 10.0. The number of rotatable bonds is 7. The Labute approximate surface area is 157 Å². The summed E-state index contributed by atoms with van der Waals surface area (Å²) in [6.45, 7) is 8.25. The molecule has 0 fully saturated rings. The fourth-order valence-corrected chi connectivity index (χ4v) is 3.97. The second-order valence-electron chi connectivity index (χ2n) is 5.95. The summed E-state index contributed by atoms with van der Waals surface area (Å²) in [7, 11) is 0. The SMILES string of the molecule is CCC(C)Sc1ccc(NC(=O)CNC(=O)c2ccc(C)s2)c(C)c1. The molecule has 6 heteroatoms. The van der Waals surface area contributed by atoms with Crippen LogP contribution in [0.4, 0.5) is 5.69 Å². The Hall–Kier alpha value is -1.79. The third-order valence-electron chi connectivity index (χ3n) is 3.76. The maximum Gasteiger partial charge on any atom is 0.261 e. The van der Waals surface area contributed by atoms with Gasteiger partial charge in [0, 0.05) is 20.7 Å². The number of aryl methyl sites for hydroxylation is 2. The number of thioether (sulfide) groups is 1.